The van der Waals surface area contributed by atoms with Gasteiger partial charge >= 0.3 is 0 Å². The molecule has 0 aromatic heterocycles. The minimum Gasteiger partial charge on any atom is -0.298 e. The molecule has 7 aromatic carbocycles. The molecular weight excluding hydrogens is 588 g/mol. The van der Waals surface area contributed by atoms with Crippen molar-refractivity contribution >= 4 is 18.9 Å². The Morgan fingerprint density at radius 1 is 0.250 bits per heavy atom. The van der Waals surface area contributed by atoms with Gasteiger partial charge in [0.25, 0.3) is 0 Å². The summed E-state index contributed by atoms with van der Waals surface area (Å²) in [6.45, 7) is 0. The van der Waals surface area contributed by atoms with Gasteiger partial charge in [0.15, 0.2) is 0 Å². The fourth-order valence-electron chi connectivity index (χ4n) is 6.32. The van der Waals surface area contributed by atoms with Crippen molar-refractivity contribution < 1.29 is 14.4 Å². The number of rotatable bonds is 9. The first-order chi connectivity index (χ1) is 23.6. The lowest BCUT2D eigenvalue weighted by atomic mass is 9.85. The SMILES string of the molecule is O=Cc1ccc(-c2ccccc2)c(-c2cc(-c3cc(C=O)ccc3-c3ccccc3)cc(-c3cc(C=O)ccc3-c3ccccc3)c2)c1. The van der Waals surface area contributed by atoms with E-state index >= 15 is 0 Å². The van der Waals surface area contributed by atoms with E-state index in [1.807, 2.05) is 109 Å². The Morgan fingerprint density at radius 3 is 0.771 bits per heavy atom. The Labute approximate surface area is 279 Å². The Bertz CT molecular complexity index is 2000. The van der Waals surface area contributed by atoms with Gasteiger partial charge in [-0.15, -0.1) is 0 Å². The standard InChI is InChI=1S/C45H30O3/c46-28-31-16-19-40(34-10-4-1-5-11-34)43(22-31)37-25-38(44-23-32(29-47)17-20-41(44)35-12-6-2-7-13-35)27-39(26-37)45-24-33(30-48)18-21-42(45)36-14-8-3-9-15-36/h1-30H. The number of carbonyl (C=O) groups excluding carboxylic acids is 3. The van der Waals surface area contributed by atoms with Crippen LogP contribution >= 0.6 is 0 Å². The number of hydrogen-bond donors (Lipinski definition) is 0. The Morgan fingerprint density at radius 2 is 0.521 bits per heavy atom. The van der Waals surface area contributed by atoms with Crippen LogP contribution in [0.1, 0.15) is 31.1 Å². The van der Waals surface area contributed by atoms with Gasteiger partial charge in [0, 0.05) is 16.7 Å². The molecule has 7 rings (SSSR count). The van der Waals surface area contributed by atoms with Crippen molar-refractivity contribution in [3.8, 4) is 66.8 Å². The number of hydrogen-bond acceptors (Lipinski definition) is 3. The molecular formula is C45H30O3. The minimum absolute atomic E-state index is 0.567. The van der Waals surface area contributed by atoms with Crippen LogP contribution in [0.5, 0.6) is 0 Å². The van der Waals surface area contributed by atoms with E-state index in [4.69, 9.17) is 0 Å². The molecule has 0 bridgehead atoms. The molecule has 0 amide bonds. The maximum atomic E-state index is 12.1. The number of carbonyl (C=O) groups is 3. The van der Waals surface area contributed by atoms with Crippen LogP contribution in [-0.4, -0.2) is 18.9 Å². The van der Waals surface area contributed by atoms with E-state index in [2.05, 4.69) is 54.6 Å². The highest BCUT2D eigenvalue weighted by atomic mass is 16.1. The molecule has 0 aliphatic carbocycles. The lowest BCUT2D eigenvalue weighted by Gasteiger charge is -2.19. The molecule has 0 fully saturated rings. The summed E-state index contributed by atoms with van der Waals surface area (Å²) < 4.78 is 0. The second-order valence-corrected chi connectivity index (χ2v) is 11.7. The summed E-state index contributed by atoms with van der Waals surface area (Å²) in [5, 5.41) is 0. The van der Waals surface area contributed by atoms with Crippen LogP contribution in [0.15, 0.2) is 164 Å². The molecule has 0 aliphatic rings. The van der Waals surface area contributed by atoms with E-state index in [0.29, 0.717) is 16.7 Å². The molecule has 3 heteroatoms. The Kier molecular flexibility index (Phi) is 8.50. The lowest BCUT2D eigenvalue weighted by Crippen LogP contribution is -1.95. The fraction of sp³-hybridized carbons (Fsp3) is 0. The fourth-order valence-corrected chi connectivity index (χ4v) is 6.32. The molecule has 0 atom stereocenters. The third-order valence-electron chi connectivity index (χ3n) is 8.66. The summed E-state index contributed by atoms with van der Waals surface area (Å²) in [5.41, 5.74) is 13.1. The van der Waals surface area contributed by atoms with Crippen LogP contribution < -0.4 is 0 Å². The monoisotopic (exact) mass is 618 g/mol. The lowest BCUT2D eigenvalue weighted by molar-refractivity contribution is 0.111. The van der Waals surface area contributed by atoms with Crippen molar-refractivity contribution in [2.45, 2.75) is 0 Å². The molecule has 3 nitrogen and oxygen atoms in total. The zero-order valence-corrected chi connectivity index (χ0v) is 26.0. The highest BCUT2D eigenvalue weighted by Crippen LogP contribution is 2.42. The molecule has 0 N–H and O–H groups in total. The molecule has 0 radical (unpaired) electrons. The van der Waals surface area contributed by atoms with Crippen LogP contribution in [0, 0.1) is 0 Å². The van der Waals surface area contributed by atoms with Crippen LogP contribution in [-0.2, 0) is 0 Å². The van der Waals surface area contributed by atoms with E-state index < -0.39 is 0 Å². The van der Waals surface area contributed by atoms with Crippen molar-refractivity contribution in [3.63, 3.8) is 0 Å². The molecule has 0 heterocycles. The highest BCUT2D eigenvalue weighted by Gasteiger charge is 2.17. The van der Waals surface area contributed by atoms with Crippen LogP contribution in [0.2, 0.25) is 0 Å². The molecule has 48 heavy (non-hydrogen) atoms. The molecule has 7 aromatic rings. The van der Waals surface area contributed by atoms with Crippen molar-refractivity contribution in [2.24, 2.45) is 0 Å². The molecule has 0 aliphatic heterocycles. The maximum Gasteiger partial charge on any atom is 0.150 e. The van der Waals surface area contributed by atoms with E-state index in [1.165, 1.54) is 0 Å². The summed E-state index contributed by atoms with van der Waals surface area (Å²) in [5.74, 6) is 0. The van der Waals surface area contributed by atoms with Crippen LogP contribution in [0.25, 0.3) is 66.8 Å². The summed E-state index contributed by atoms with van der Waals surface area (Å²) in [7, 11) is 0. The third kappa shape index (κ3) is 6.05. The zero-order chi connectivity index (χ0) is 32.9. The van der Waals surface area contributed by atoms with Gasteiger partial charge in [0.2, 0.25) is 0 Å². The van der Waals surface area contributed by atoms with Gasteiger partial charge < -0.3 is 0 Å². The Hall–Kier alpha value is -6.45. The largest absolute Gasteiger partial charge is 0.298 e. The molecule has 0 saturated heterocycles. The smallest absolute Gasteiger partial charge is 0.150 e. The van der Waals surface area contributed by atoms with E-state index in [-0.39, 0.29) is 0 Å². The second-order valence-electron chi connectivity index (χ2n) is 11.7. The quantitative estimate of drug-likeness (QED) is 0.151. The highest BCUT2D eigenvalue weighted by molar-refractivity contribution is 5.97. The van der Waals surface area contributed by atoms with Crippen molar-refractivity contribution in [1.82, 2.24) is 0 Å². The topological polar surface area (TPSA) is 51.2 Å². The molecule has 0 unspecified atom stereocenters. The summed E-state index contributed by atoms with van der Waals surface area (Å²) in [6, 6.07) is 54.0. The number of aldehydes is 3. The zero-order valence-electron chi connectivity index (χ0n) is 26.0. The van der Waals surface area contributed by atoms with Gasteiger partial charge in [0.1, 0.15) is 18.9 Å². The van der Waals surface area contributed by atoms with Crippen molar-refractivity contribution in [1.29, 1.82) is 0 Å². The van der Waals surface area contributed by atoms with Gasteiger partial charge in [-0.3, -0.25) is 14.4 Å². The van der Waals surface area contributed by atoms with Crippen LogP contribution in [0.4, 0.5) is 0 Å². The minimum atomic E-state index is 0.567. The number of benzene rings is 7. The first kappa shape index (κ1) is 30.2. The van der Waals surface area contributed by atoms with Gasteiger partial charge in [-0.25, -0.2) is 0 Å². The van der Waals surface area contributed by atoms with E-state index in [9.17, 15) is 14.4 Å². The van der Waals surface area contributed by atoms with Gasteiger partial charge in [-0.05, 0) is 103 Å². The predicted molar refractivity (Wildman–Crippen MR) is 195 cm³/mol. The molecule has 228 valence electrons. The van der Waals surface area contributed by atoms with E-state index in [0.717, 1.165) is 85.6 Å². The normalized spacial score (nSPS) is 10.8. The first-order valence-electron chi connectivity index (χ1n) is 15.8. The summed E-state index contributed by atoms with van der Waals surface area (Å²) in [6.07, 6.45) is 2.60. The van der Waals surface area contributed by atoms with Gasteiger partial charge in [-0.1, -0.05) is 127 Å². The Balaban J connectivity index is 1.57. The molecule has 0 spiro atoms. The first-order valence-corrected chi connectivity index (χ1v) is 15.8. The van der Waals surface area contributed by atoms with Crippen molar-refractivity contribution in [3.05, 3.63) is 180 Å². The predicted octanol–water partition coefficient (Wildman–Crippen LogP) is 11.1. The van der Waals surface area contributed by atoms with E-state index in [1.54, 1.807) is 0 Å². The average molecular weight is 619 g/mol. The van der Waals surface area contributed by atoms with Crippen molar-refractivity contribution in [2.75, 3.05) is 0 Å². The summed E-state index contributed by atoms with van der Waals surface area (Å²) in [4.78, 5) is 36.3. The average Bonchev–Trinajstić information content (AvgIpc) is 3.18. The van der Waals surface area contributed by atoms with Crippen LogP contribution in [0.3, 0.4) is 0 Å². The maximum absolute atomic E-state index is 12.1. The molecule has 0 saturated carbocycles. The van der Waals surface area contributed by atoms with Gasteiger partial charge in [-0.2, -0.15) is 0 Å². The third-order valence-corrected chi connectivity index (χ3v) is 8.66. The van der Waals surface area contributed by atoms with Gasteiger partial charge in [0.05, 0.1) is 0 Å². The summed E-state index contributed by atoms with van der Waals surface area (Å²) >= 11 is 0. The second kappa shape index (κ2) is 13.5.